The van der Waals surface area contributed by atoms with Crippen LogP contribution in [0.2, 0.25) is 5.02 Å². The van der Waals surface area contributed by atoms with E-state index >= 15 is 0 Å². The summed E-state index contributed by atoms with van der Waals surface area (Å²) in [5, 5.41) is 5.27. The molecule has 4 nitrogen and oxygen atoms in total. The number of amides is 2. The minimum absolute atomic E-state index is 0.120. The summed E-state index contributed by atoms with van der Waals surface area (Å²) in [6.07, 6.45) is 0.903. The van der Waals surface area contributed by atoms with E-state index in [0.29, 0.717) is 21.4 Å². The summed E-state index contributed by atoms with van der Waals surface area (Å²) in [7, 11) is 0. The van der Waals surface area contributed by atoms with E-state index in [4.69, 9.17) is 17.3 Å². The summed E-state index contributed by atoms with van der Waals surface area (Å²) in [4.78, 5) is 23.6. The Hall–Kier alpha value is -1.85. The van der Waals surface area contributed by atoms with Crippen molar-refractivity contribution >= 4 is 34.8 Å². The van der Waals surface area contributed by atoms with Gasteiger partial charge in [-0.2, -0.15) is 0 Å². The molecule has 3 N–H and O–H groups in total. The smallest absolute Gasteiger partial charge is 0.261 e. The maximum Gasteiger partial charge on any atom is 0.261 e. The Labute approximate surface area is 130 Å². The van der Waals surface area contributed by atoms with Crippen molar-refractivity contribution in [1.82, 2.24) is 5.32 Å². The molecule has 0 aliphatic heterocycles. The Balaban J connectivity index is 1.63. The van der Waals surface area contributed by atoms with Crippen molar-refractivity contribution < 1.29 is 9.59 Å². The highest BCUT2D eigenvalue weighted by Gasteiger charge is 2.39. The molecule has 108 valence electrons. The predicted octanol–water partition coefficient (Wildman–Crippen LogP) is 2.79. The largest absolute Gasteiger partial charge is 0.366 e. The highest BCUT2D eigenvalue weighted by molar-refractivity contribution is 7.12. The van der Waals surface area contributed by atoms with Gasteiger partial charge in [0.15, 0.2) is 0 Å². The van der Waals surface area contributed by atoms with Crippen molar-refractivity contribution in [1.29, 1.82) is 0 Å². The molecule has 6 heteroatoms. The summed E-state index contributed by atoms with van der Waals surface area (Å²) < 4.78 is 0. The fourth-order valence-electron chi connectivity index (χ4n) is 2.28. The molecular weight excluding hydrogens is 308 g/mol. The first-order chi connectivity index (χ1) is 10.0. The molecule has 0 unspecified atom stereocenters. The van der Waals surface area contributed by atoms with Crippen molar-refractivity contribution in [3.63, 3.8) is 0 Å². The number of thiophene rings is 1. The normalized spacial score (nSPS) is 20.0. The van der Waals surface area contributed by atoms with Crippen LogP contribution in [0, 0.1) is 0 Å². The van der Waals surface area contributed by atoms with Crippen molar-refractivity contribution in [2.45, 2.75) is 18.4 Å². The molecule has 2 atom stereocenters. The van der Waals surface area contributed by atoms with Crippen LogP contribution in [0.25, 0.3) is 0 Å². The number of nitrogens with one attached hydrogen (secondary N) is 1. The molecule has 0 saturated heterocycles. The van der Waals surface area contributed by atoms with Crippen LogP contribution in [0.15, 0.2) is 35.7 Å². The minimum atomic E-state index is -0.520. The first-order valence-electron chi connectivity index (χ1n) is 6.49. The molecule has 1 aromatic heterocycles. The number of hydrogen-bond acceptors (Lipinski definition) is 3. The summed E-state index contributed by atoms with van der Waals surface area (Å²) in [6, 6.07) is 9.33. The molecule has 1 heterocycles. The monoisotopic (exact) mass is 320 g/mol. The molecular formula is C15H13ClN2O2S. The van der Waals surface area contributed by atoms with E-state index in [9.17, 15) is 9.59 Å². The van der Waals surface area contributed by atoms with Crippen molar-refractivity contribution in [2.24, 2.45) is 5.73 Å². The van der Waals surface area contributed by atoms with Crippen LogP contribution in [0.5, 0.6) is 0 Å². The Morgan fingerprint density at radius 3 is 2.81 bits per heavy atom. The second-order valence-corrected chi connectivity index (χ2v) is 6.39. The summed E-state index contributed by atoms with van der Waals surface area (Å²) >= 11 is 7.19. The van der Waals surface area contributed by atoms with E-state index in [-0.39, 0.29) is 11.9 Å². The fraction of sp³-hybridized carbons (Fsp3) is 0.200. The molecule has 0 radical (unpaired) electrons. The molecule has 1 saturated carbocycles. The first kappa shape index (κ1) is 14.1. The zero-order valence-corrected chi connectivity index (χ0v) is 12.6. The Kier molecular flexibility index (Phi) is 3.69. The van der Waals surface area contributed by atoms with Gasteiger partial charge in [0.1, 0.15) is 0 Å². The molecule has 1 fully saturated rings. The number of benzene rings is 1. The van der Waals surface area contributed by atoms with Crippen LogP contribution < -0.4 is 11.1 Å². The lowest BCUT2D eigenvalue weighted by Crippen LogP contribution is -2.25. The quantitative estimate of drug-likeness (QED) is 0.909. The van der Waals surface area contributed by atoms with Crippen molar-refractivity contribution in [3.05, 3.63) is 56.7 Å². The number of hydrogen-bond donors (Lipinski definition) is 2. The van der Waals surface area contributed by atoms with Crippen LogP contribution in [-0.2, 0) is 0 Å². The molecule has 1 aromatic carbocycles. The van der Waals surface area contributed by atoms with Gasteiger partial charge >= 0.3 is 0 Å². The predicted molar refractivity (Wildman–Crippen MR) is 82.9 cm³/mol. The molecule has 3 rings (SSSR count). The Bertz CT molecular complexity index is 713. The number of nitrogens with two attached hydrogens (primary N) is 1. The third-order valence-corrected chi connectivity index (χ3v) is 4.66. The molecule has 1 aliphatic carbocycles. The van der Waals surface area contributed by atoms with E-state index < -0.39 is 5.91 Å². The highest BCUT2D eigenvalue weighted by atomic mass is 35.5. The second kappa shape index (κ2) is 5.50. The van der Waals surface area contributed by atoms with E-state index in [0.717, 1.165) is 12.0 Å². The van der Waals surface area contributed by atoms with Gasteiger partial charge in [-0.3, -0.25) is 9.59 Å². The van der Waals surface area contributed by atoms with Crippen molar-refractivity contribution in [3.8, 4) is 0 Å². The van der Waals surface area contributed by atoms with E-state index in [2.05, 4.69) is 5.32 Å². The number of halogens is 1. The topological polar surface area (TPSA) is 72.2 Å². The van der Waals surface area contributed by atoms with Crippen LogP contribution >= 0.6 is 22.9 Å². The standard InChI is InChI=1S/C15H13ClN2O2S/c16-10-3-1-2-8(4-10)11-6-12(11)18-15(20)13-5-9(7-21-13)14(17)19/h1-5,7,11-12H,6H2,(H2,17,19)(H,18,20)/t11-,12-/m1/s1. The van der Waals surface area contributed by atoms with Gasteiger partial charge in [-0.05, 0) is 30.2 Å². The van der Waals surface area contributed by atoms with Crippen LogP contribution in [0.3, 0.4) is 0 Å². The lowest BCUT2D eigenvalue weighted by atomic mass is 10.1. The zero-order chi connectivity index (χ0) is 15.0. The van der Waals surface area contributed by atoms with Gasteiger partial charge in [0.25, 0.3) is 5.91 Å². The molecule has 0 spiro atoms. The lowest BCUT2D eigenvalue weighted by molar-refractivity contribution is 0.0954. The minimum Gasteiger partial charge on any atom is -0.366 e. The average molecular weight is 321 g/mol. The number of carbonyl (C=O) groups is 2. The maximum atomic E-state index is 12.1. The zero-order valence-electron chi connectivity index (χ0n) is 11.0. The Morgan fingerprint density at radius 2 is 2.14 bits per heavy atom. The summed E-state index contributed by atoms with van der Waals surface area (Å²) in [5.74, 6) is -0.376. The van der Waals surface area contributed by atoms with Crippen LogP contribution in [-0.4, -0.2) is 17.9 Å². The van der Waals surface area contributed by atoms with E-state index in [1.807, 2.05) is 24.3 Å². The lowest BCUT2D eigenvalue weighted by Gasteiger charge is -2.03. The number of carbonyl (C=O) groups excluding carboxylic acids is 2. The third kappa shape index (κ3) is 3.09. The second-order valence-electron chi connectivity index (χ2n) is 5.04. The number of rotatable bonds is 4. The van der Waals surface area contributed by atoms with Gasteiger partial charge in [0, 0.05) is 22.4 Å². The SMILES string of the molecule is NC(=O)c1csc(C(=O)N[C@@H]2C[C@@H]2c2cccc(Cl)c2)c1. The average Bonchev–Trinajstić information content (AvgIpc) is 3.01. The summed E-state index contributed by atoms with van der Waals surface area (Å²) in [5.41, 5.74) is 6.68. The fourth-order valence-corrected chi connectivity index (χ4v) is 3.28. The van der Waals surface area contributed by atoms with Gasteiger partial charge in [-0.1, -0.05) is 23.7 Å². The first-order valence-corrected chi connectivity index (χ1v) is 7.75. The molecule has 21 heavy (non-hydrogen) atoms. The van der Waals surface area contributed by atoms with E-state index in [1.54, 1.807) is 5.38 Å². The van der Waals surface area contributed by atoms with Gasteiger partial charge < -0.3 is 11.1 Å². The maximum absolute atomic E-state index is 12.1. The third-order valence-electron chi connectivity index (χ3n) is 3.49. The van der Waals surface area contributed by atoms with Crippen LogP contribution in [0.1, 0.15) is 37.9 Å². The summed E-state index contributed by atoms with van der Waals surface area (Å²) in [6.45, 7) is 0. The van der Waals surface area contributed by atoms with Gasteiger partial charge in [-0.15, -0.1) is 11.3 Å². The van der Waals surface area contributed by atoms with E-state index in [1.165, 1.54) is 17.4 Å². The van der Waals surface area contributed by atoms with Crippen molar-refractivity contribution in [2.75, 3.05) is 0 Å². The van der Waals surface area contributed by atoms with Gasteiger partial charge in [-0.25, -0.2) is 0 Å². The number of primary amides is 1. The van der Waals surface area contributed by atoms with Gasteiger partial charge in [0.05, 0.1) is 10.4 Å². The Morgan fingerprint density at radius 1 is 1.33 bits per heavy atom. The molecule has 0 bridgehead atoms. The molecule has 1 aliphatic rings. The van der Waals surface area contributed by atoms with Gasteiger partial charge in [0.2, 0.25) is 5.91 Å². The molecule has 2 amide bonds. The van der Waals surface area contributed by atoms with Crippen LogP contribution in [0.4, 0.5) is 0 Å². The molecule has 2 aromatic rings. The highest BCUT2D eigenvalue weighted by Crippen LogP contribution is 2.41.